The monoisotopic (exact) mass is 426 g/mol. The molecule has 0 saturated carbocycles. The third-order valence-corrected chi connectivity index (χ3v) is 4.72. The minimum absolute atomic E-state index is 0.534. The fourth-order valence-electron chi connectivity index (χ4n) is 3.16. The molecule has 8 heteroatoms. The second kappa shape index (κ2) is 10.2. The van der Waals surface area contributed by atoms with Crippen molar-refractivity contribution in [2.45, 2.75) is 26.1 Å². The van der Waals surface area contributed by atoms with Gasteiger partial charge in [-0.1, -0.05) is 0 Å². The van der Waals surface area contributed by atoms with Gasteiger partial charge < -0.3 is 10.2 Å². The number of aromatic nitrogens is 4. The van der Waals surface area contributed by atoms with Gasteiger partial charge in [-0.25, -0.2) is 9.36 Å². The molecule has 0 spiro atoms. The van der Waals surface area contributed by atoms with Crippen molar-refractivity contribution in [1.29, 1.82) is 10.5 Å². The maximum Gasteiger partial charge on any atom is 0.0991 e. The lowest BCUT2D eigenvalue weighted by molar-refractivity contribution is 0.198. The molecule has 4 aromatic rings. The van der Waals surface area contributed by atoms with E-state index < -0.39 is 12.2 Å². The van der Waals surface area contributed by atoms with E-state index >= 15 is 0 Å². The molecule has 2 heterocycles. The van der Waals surface area contributed by atoms with Gasteiger partial charge in [0.15, 0.2) is 0 Å². The maximum absolute atomic E-state index is 9.67. The predicted octanol–water partition coefficient (Wildman–Crippen LogP) is 3.59. The number of hydrogen-bond donors (Lipinski definition) is 2. The van der Waals surface area contributed by atoms with Crippen LogP contribution in [0, 0.1) is 22.7 Å². The van der Waals surface area contributed by atoms with Crippen LogP contribution in [0.15, 0.2) is 73.3 Å². The van der Waals surface area contributed by atoms with Gasteiger partial charge in [-0.3, -0.25) is 0 Å². The van der Waals surface area contributed by atoms with Crippen LogP contribution in [0.2, 0.25) is 0 Å². The van der Waals surface area contributed by atoms with E-state index in [2.05, 4.69) is 22.3 Å². The van der Waals surface area contributed by atoms with Gasteiger partial charge in [0.05, 0.1) is 46.8 Å². The predicted molar refractivity (Wildman–Crippen MR) is 118 cm³/mol. The van der Waals surface area contributed by atoms with Crippen molar-refractivity contribution in [2.75, 3.05) is 0 Å². The zero-order valence-corrected chi connectivity index (χ0v) is 17.7. The molecule has 0 aliphatic carbocycles. The quantitative estimate of drug-likeness (QED) is 0.514. The van der Waals surface area contributed by atoms with E-state index in [9.17, 15) is 10.2 Å². The molecule has 0 saturated heterocycles. The lowest BCUT2D eigenvalue weighted by Gasteiger charge is -2.12. The molecule has 2 aromatic carbocycles. The minimum Gasteiger partial charge on any atom is -0.389 e. The van der Waals surface area contributed by atoms with Gasteiger partial charge in [0.25, 0.3) is 0 Å². The number of aliphatic hydroxyl groups is 2. The molecule has 1 unspecified atom stereocenters. The van der Waals surface area contributed by atoms with Crippen LogP contribution >= 0.6 is 0 Å². The number of hydrogen-bond acceptors (Lipinski definition) is 6. The smallest absolute Gasteiger partial charge is 0.0991 e. The average molecular weight is 426 g/mol. The molecule has 4 rings (SSSR count). The van der Waals surface area contributed by atoms with Gasteiger partial charge in [0, 0.05) is 35.9 Å². The van der Waals surface area contributed by atoms with E-state index in [-0.39, 0.29) is 0 Å². The van der Waals surface area contributed by atoms with Crippen LogP contribution in [0.4, 0.5) is 0 Å². The molecular formula is C24H22N6O2. The molecule has 160 valence electrons. The Morgan fingerprint density at radius 3 is 1.44 bits per heavy atom. The van der Waals surface area contributed by atoms with Crippen molar-refractivity contribution < 1.29 is 10.2 Å². The first-order chi connectivity index (χ1) is 15.4. The molecule has 0 aliphatic rings. The largest absolute Gasteiger partial charge is 0.389 e. The highest BCUT2D eigenvalue weighted by molar-refractivity contribution is 5.48. The summed E-state index contributed by atoms with van der Waals surface area (Å²) in [5, 5.41) is 45.2. The fourth-order valence-corrected chi connectivity index (χ4v) is 3.16. The molecule has 0 amide bonds. The summed E-state index contributed by atoms with van der Waals surface area (Å²) in [4.78, 5) is 0. The molecule has 2 atom stereocenters. The fraction of sp³-hybridized carbons (Fsp3) is 0.167. The van der Waals surface area contributed by atoms with Crippen LogP contribution < -0.4 is 0 Å². The summed E-state index contributed by atoms with van der Waals surface area (Å²) in [7, 11) is 0. The third kappa shape index (κ3) is 5.08. The van der Waals surface area contributed by atoms with Crippen LogP contribution in [0.5, 0.6) is 0 Å². The molecule has 32 heavy (non-hydrogen) atoms. The van der Waals surface area contributed by atoms with Gasteiger partial charge in [-0.2, -0.15) is 20.7 Å². The third-order valence-electron chi connectivity index (χ3n) is 4.72. The topological polar surface area (TPSA) is 124 Å². The Morgan fingerprint density at radius 1 is 0.750 bits per heavy atom. The number of nitriles is 2. The molecule has 0 fully saturated rings. The Hall–Kier alpha value is -4.24. The van der Waals surface area contributed by atoms with Crippen LogP contribution in [0.25, 0.3) is 11.4 Å². The van der Waals surface area contributed by atoms with Gasteiger partial charge in [0.2, 0.25) is 0 Å². The molecule has 0 aliphatic heterocycles. The SMILES string of the molecule is CC(O)c1cc(C#N)ccc1-n1cccn1.C[C@@H](O)c1cc(C#N)ccc1-n1cccn1. The highest BCUT2D eigenvalue weighted by Gasteiger charge is 2.11. The van der Waals surface area contributed by atoms with E-state index in [1.807, 2.05) is 12.1 Å². The first kappa shape index (κ1) is 22.4. The molecule has 0 bridgehead atoms. The van der Waals surface area contributed by atoms with E-state index in [0.29, 0.717) is 22.3 Å². The average Bonchev–Trinajstić information content (AvgIpc) is 3.53. The Kier molecular flexibility index (Phi) is 7.14. The van der Waals surface area contributed by atoms with Crippen LogP contribution in [0.1, 0.15) is 48.3 Å². The molecule has 8 nitrogen and oxygen atoms in total. The van der Waals surface area contributed by atoms with E-state index in [0.717, 1.165) is 11.4 Å². The summed E-state index contributed by atoms with van der Waals surface area (Å²) in [6.45, 7) is 3.34. The first-order valence-corrected chi connectivity index (χ1v) is 9.89. The van der Waals surface area contributed by atoms with Crippen molar-refractivity contribution in [3.05, 3.63) is 95.6 Å². The summed E-state index contributed by atoms with van der Waals surface area (Å²) in [5.41, 5.74) is 4.04. The summed E-state index contributed by atoms with van der Waals surface area (Å²) in [6.07, 6.45) is 5.68. The molecular weight excluding hydrogens is 404 g/mol. The summed E-state index contributed by atoms with van der Waals surface area (Å²) in [5.74, 6) is 0. The highest BCUT2D eigenvalue weighted by Crippen LogP contribution is 2.23. The zero-order chi connectivity index (χ0) is 23.1. The van der Waals surface area contributed by atoms with Crippen LogP contribution in [-0.4, -0.2) is 29.8 Å². The van der Waals surface area contributed by atoms with E-state index in [1.54, 1.807) is 84.4 Å². The molecule has 0 radical (unpaired) electrons. The Morgan fingerprint density at radius 2 is 1.16 bits per heavy atom. The van der Waals surface area contributed by atoms with Crippen molar-refractivity contribution >= 4 is 0 Å². The van der Waals surface area contributed by atoms with Gasteiger partial charge >= 0.3 is 0 Å². The van der Waals surface area contributed by atoms with Crippen molar-refractivity contribution in [3.8, 4) is 23.5 Å². The van der Waals surface area contributed by atoms with Crippen LogP contribution in [-0.2, 0) is 0 Å². The summed E-state index contributed by atoms with van der Waals surface area (Å²) >= 11 is 0. The molecule has 2 N–H and O–H groups in total. The maximum atomic E-state index is 9.67. The Balaban J connectivity index is 0.000000181. The lowest BCUT2D eigenvalue weighted by Crippen LogP contribution is -2.03. The highest BCUT2D eigenvalue weighted by atomic mass is 16.3. The first-order valence-electron chi connectivity index (χ1n) is 9.89. The lowest BCUT2D eigenvalue weighted by atomic mass is 10.1. The standard InChI is InChI=1S/2C12H11N3O/c2*1-9(16)11-7-10(8-13)3-4-12(11)15-6-2-5-14-15/h2*2-7,9,16H,1H3/t9-;/m1./s1. The van der Waals surface area contributed by atoms with Crippen molar-refractivity contribution in [2.24, 2.45) is 0 Å². The number of aliphatic hydroxyl groups excluding tert-OH is 2. The van der Waals surface area contributed by atoms with E-state index in [1.165, 1.54) is 0 Å². The Labute approximate surface area is 185 Å². The van der Waals surface area contributed by atoms with E-state index in [4.69, 9.17) is 10.5 Å². The molecule has 2 aromatic heterocycles. The second-order valence-electron chi connectivity index (χ2n) is 7.02. The van der Waals surface area contributed by atoms with Crippen LogP contribution in [0.3, 0.4) is 0 Å². The normalized spacial score (nSPS) is 12.1. The van der Waals surface area contributed by atoms with Gasteiger partial charge in [-0.05, 0) is 62.4 Å². The van der Waals surface area contributed by atoms with Gasteiger partial charge in [0.1, 0.15) is 0 Å². The van der Waals surface area contributed by atoms with Crippen molar-refractivity contribution in [1.82, 2.24) is 19.6 Å². The Bertz CT molecular complexity index is 1150. The zero-order valence-electron chi connectivity index (χ0n) is 17.7. The van der Waals surface area contributed by atoms with Crippen molar-refractivity contribution in [3.63, 3.8) is 0 Å². The summed E-state index contributed by atoms with van der Waals surface area (Å²) < 4.78 is 3.34. The number of nitrogens with zero attached hydrogens (tertiary/aromatic N) is 6. The number of benzene rings is 2. The van der Waals surface area contributed by atoms with Gasteiger partial charge in [-0.15, -0.1) is 0 Å². The second-order valence-corrected chi connectivity index (χ2v) is 7.02. The summed E-state index contributed by atoms with van der Waals surface area (Å²) in [6, 6.07) is 18.1. The number of rotatable bonds is 4. The minimum atomic E-state index is -0.632.